The number of piperazine rings is 1. The molecule has 1 amide bonds. The molecule has 3 aromatic rings. The summed E-state index contributed by atoms with van der Waals surface area (Å²) >= 11 is 0. The molecule has 1 aliphatic carbocycles. The highest BCUT2D eigenvalue weighted by atomic mass is 16.5. The Labute approximate surface area is 182 Å². The fourth-order valence-electron chi connectivity index (χ4n) is 4.41. The van der Waals surface area contributed by atoms with Gasteiger partial charge in [-0.2, -0.15) is 5.10 Å². The molecule has 0 N–H and O–H groups in total. The third kappa shape index (κ3) is 3.73. The first kappa shape index (κ1) is 20.2. The van der Waals surface area contributed by atoms with E-state index in [9.17, 15) is 4.79 Å². The normalized spacial score (nSPS) is 17.8. The summed E-state index contributed by atoms with van der Waals surface area (Å²) in [5.41, 5.74) is 4.73. The smallest absolute Gasteiger partial charge is 0.254 e. The zero-order valence-electron chi connectivity index (χ0n) is 18.8. The van der Waals surface area contributed by atoms with E-state index in [0.717, 1.165) is 71.8 Å². The van der Waals surface area contributed by atoms with E-state index < -0.39 is 0 Å². The number of hydrogen-bond acceptors (Lipinski definition) is 6. The van der Waals surface area contributed by atoms with Crippen molar-refractivity contribution in [1.82, 2.24) is 29.7 Å². The topological polar surface area (TPSA) is 80.3 Å². The van der Waals surface area contributed by atoms with Gasteiger partial charge in [-0.1, -0.05) is 5.16 Å². The first-order chi connectivity index (χ1) is 14.9. The van der Waals surface area contributed by atoms with Crippen LogP contribution in [0.3, 0.4) is 0 Å². The Hall–Kier alpha value is -2.74. The van der Waals surface area contributed by atoms with E-state index in [-0.39, 0.29) is 11.9 Å². The van der Waals surface area contributed by atoms with Crippen molar-refractivity contribution < 1.29 is 9.32 Å². The molecule has 31 heavy (non-hydrogen) atoms. The molecule has 4 heterocycles. The number of amides is 1. The highest BCUT2D eigenvalue weighted by Gasteiger charge is 2.30. The summed E-state index contributed by atoms with van der Waals surface area (Å²) in [4.78, 5) is 22.8. The molecule has 0 bridgehead atoms. The van der Waals surface area contributed by atoms with Gasteiger partial charge in [-0.15, -0.1) is 0 Å². The Morgan fingerprint density at radius 1 is 1.19 bits per heavy atom. The molecule has 3 aromatic heterocycles. The first-order valence-corrected chi connectivity index (χ1v) is 11.2. The van der Waals surface area contributed by atoms with Crippen molar-refractivity contribution in [2.75, 3.05) is 26.2 Å². The number of hydrogen-bond donors (Lipinski definition) is 0. The Morgan fingerprint density at radius 2 is 1.94 bits per heavy atom. The van der Waals surface area contributed by atoms with Crippen LogP contribution in [0, 0.1) is 13.8 Å². The van der Waals surface area contributed by atoms with Crippen LogP contribution in [0.5, 0.6) is 0 Å². The highest BCUT2D eigenvalue weighted by molar-refractivity contribution is 6.05. The minimum Gasteiger partial charge on any atom is -0.361 e. The quantitative estimate of drug-likeness (QED) is 0.627. The lowest BCUT2D eigenvalue weighted by atomic mass is 10.1. The van der Waals surface area contributed by atoms with Crippen LogP contribution in [0.2, 0.25) is 0 Å². The largest absolute Gasteiger partial charge is 0.361 e. The molecule has 164 valence electrons. The van der Waals surface area contributed by atoms with Gasteiger partial charge >= 0.3 is 0 Å². The Bertz CT molecular complexity index is 1100. The third-order valence-corrected chi connectivity index (χ3v) is 6.52. The Kier molecular flexibility index (Phi) is 5.04. The number of pyridine rings is 1. The van der Waals surface area contributed by atoms with Gasteiger partial charge in [-0.05, 0) is 46.6 Å². The van der Waals surface area contributed by atoms with Crippen molar-refractivity contribution in [2.24, 2.45) is 0 Å². The predicted octanol–water partition coefficient (Wildman–Crippen LogP) is 3.45. The molecule has 8 nitrogen and oxygen atoms in total. The summed E-state index contributed by atoms with van der Waals surface area (Å²) in [5.74, 6) is 1.46. The molecular formula is C23H30N6O2. The second-order valence-electron chi connectivity index (χ2n) is 9.16. The van der Waals surface area contributed by atoms with Crippen molar-refractivity contribution in [3.05, 3.63) is 40.5 Å². The van der Waals surface area contributed by atoms with E-state index in [0.29, 0.717) is 19.0 Å². The van der Waals surface area contributed by atoms with Crippen molar-refractivity contribution in [1.29, 1.82) is 0 Å². The van der Waals surface area contributed by atoms with Gasteiger partial charge in [0, 0.05) is 55.9 Å². The lowest BCUT2D eigenvalue weighted by Gasteiger charge is -2.34. The molecule has 1 aliphatic heterocycles. The minimum atomic E-state index is 0.0922. The fraction of sp³-hybridized carbons (Fsp3) is 0.565. The molecule has 1 saturated carbocycles. The number of aromatic nitrogens is 4. The van der Waals surface area contributed by atoms with E-state index in [1.807, 2.05) is 29.5 Å². The van der Waals surface area contributed by atoms with Crippen LogP contribution in [0.4, 0.5) is 0 Å². The van der Waals surface area contributed by atoms with Crippen LogP contribution in [0.15, 0.2) is 16.8 Å². The van der Waals surface area contributed by atoms with E-state index in [2.05, 4.69) is 29.0 Å². The molecule has 0 unspecified atom stereocenters. The van der Waals surface area contributed by atoms with Gasteiger partial charge in [-0.3, -0.25) is 9.69 Å². The molecule has 1 saturated heterocycles. The van der Waals surface area contributed by atoms with Crippen molar-refractivity contribution in [2.45, 2.75) is 59.0 Å². The van der Waals surface area contributed by atoms with Crippen molar-refractivity contribution in [3.63, 3.8) is 0 Å². The molecule has 8 heteroatoms. The van der Waals surface area contributed by atoms with Gasteiger partial charge in [0.1, 0.15) is 5.76 Å². The summed E-state index contributed by atoms with van der Waals surface area (Å²) in [6, 6.07) is 2.22. The summed E-state index contributed by atoms with van der Waals surface area (Å²) in [5, 5.41) is 9.45. The van der Waals surface area contributed by atoms with Gasteiger partial charge < -0.3 is 9.42 Å². The van der Waals surface area contributed by atoms with Crippen LogP contribution in [-0.4, -0.2) is 61.8 Å². The van der Waals surface area contributed by atoms with E-state index in [1.54, 1.807) is 6.20 Å². The monoisotopic (exact) mass is 422 g/mol. The molecule has 5 rings (SSSR count). The summed E-state index contributed by atoms with van der Waals surface area (Å²) < 4.78 is 7.22. The molecular weight excluding hydrogens is 392 g/mol. The SMILES string of the molecule is Cc1noc(C)c1CN1CCN(C(=O)c2cc(C3CC3)nc3c2cnn3C(C)C)CC1. The zero-order chi connectivity index (χ0) is 21.7. The lowest BCUT2D eigenvalue weighted by Crippen LogP contribution is -2.48. The second-order valence-corrected chi connectivity index (χ2v) is 9.16. The van der Waals surface area contributed by atoms with Gasteiger partial charge in [-0.25, -0.2) is 9.67 Å². The van der Waals surface area contributed by atoms with Crippen LogP contribution in [0.25, 0.3) is 11.0 Å². The van der Waals surface area contributed by atoms with E-state index in [4.69, 9.17) is 9.51 Å². The van der Waals surface area contributed by atoms with Gasteiger partial charge in [0.25, 0.3) is 5.91 Å². The number of carbonyl (C=O) groups excluding carboxylic acids is 1. The number of fused-ring (bicyclic) bond motifs is 1. The molecule has 2 fully saturated rings. The van der Waals surface area contributed by atoms with Crippen LogP contribution >= 0.6 is 0 Å². The molecule has 0 aromatic carbocycles. The number of nitrogens with zero attached hydrogens (tertiary/aromatic N) is 6. The van der Waals surface area contributed by atoms with Gasteiger partial charge in [0.2, 0.25) is 0 Å². The summed E-state index contributed by atoms with van der Waals surface area (Å²) in [7, 11) is 0. The maximum absolute atomic E-state index is 13.5. The van der Waals surface area contributed by atoms with E-state index >= 15 is 0 Å². The average Bonchev–Trinajstić information content (AvgIpc) is 3.45. The second kappa shape index (κ2) is 7.75. The van der Waals surface area contributed by atoms with E-state index in [1.165, 1.54) is 0 Å². The summed E-state index contributed by atoms with van der Waals surface area (Å²) in [6.07, 6.45) is 4.12. The van der Waals surface area contributed by atoms with Crippen LogP contribution < -0.4 is 0 Å². The maximum Gasteiger partial charge on any atom is 0.254 e. The standard InChI is InChI=1S/C23H30N6O2/c1-14(2)29-22-19(12-24-29)18(11-21(25-22)17-5-6-17)23(30)28-9-7-27(8-10-28)13-20-15(3)26-31-16(20)4/h11-12,14,17H,5-10,13H2,1-4H3. The van der Waals surface area contributed by atoms with Crippen molar-refractivity contribution in [3.8, 4) is 0 Å². The van der Waals surface area contributed by atoms with Gasteiger partial charge in [0.05, 0.1) is 22.8 Å². The fourth-order valence-corrected chi connectivity index (χ4v) is 4.41. The van der Waals surface area contributed by atoms with Gasteiger partial charge in [0.15, 0.2) is 5.65 Å². The molecule has 0 atom stereocenters. The Morgan fingerprint density at radius 3 is 2.55 bits per heavy atom. The molecule has 0 radical (unpaired) electrons. The average molecular weight is 423 g/mol. The third-order valence-electron chi connectivity index (χ3n) is 6.52. The minimum absolute atomic E-state index is 0.0922. The van der Waals surface area contributed by atoms with Crippen LogP contribution in [-0.2, 0) is 6.54 Å². The number of aryl methyl sites for hydroxylation is 2. The molecule has 2 aliphatic rings. The number of carbonyl (C=O) groups is 1. The summed E-state index contributed by atoms with van der Waals surface area (Å²) in [6.45, 7) is 12.0. The van der Waals surface area contributed by atoms with Crippen molar-refractivity contribution >= 4 is 16.9 Å². The maximum atomic E-state index is 13.5. The Balaban J connectivity index is 1.36. The first-order valence-electron chi connectivity index (χ1n) is 11.2. The lowest BCUT2D eigenvalue weighted by molar-refractivity contribution is 0.0629. The number of rotatable bonds is 5. The zero-order valence-corrected chi connectivity index (χ0v) is 18.8. The van der Waals surface area contributed by atoms with Crippen LogP contribution in [0.1, 0.15) is 71.7 Å². The highest BCUT2D eigenvalue weighted by Crippen LogP contribution is 2.40. The predicted molar refractivity (Wildman–Crippen MR) is 117 cm³/mol. The molecule has 0 spiro atoms.